The number of thiophene rings is 2. The van der Waals surface area contributed by atoms with Gasteiger partial charge in [0.05, 0.1) is 0 Å². The van der Waals surface area contributed by atoms with Crippen molar-refractivity contribution >= 4 is 45.9 Å². The van der Waals surface area contributed by atoms with Crippen molar-refractivity contribution in [2.45, 2.75) is 5.60 Å². The summed E-state index contributed by atoms with van der Waals surface area (Å²) in [6.07, 6.45) is 0. The number of carbonyl (C=O) groups excluding carboxylic acids is 1. The van der Waals surface area contributed by atoms with Gasteiger partial charge in [-0.2, -0.15) is 0 Å². The minimum Gasteiger partial charge on any atom is -0.374 e. The number of aliphatic hydroxyl groups is 1. The van der Waals surface area contributed by atoms with Crippen molar-refractivity contribution in [3.8, 4) is 0 Å². The molecule has 0 saturated carbocycles. The summed E-state index contributed by atoms with van der Waals surface area (Å²) < 4.78 is 0. The van der Waals surface area contributed by atoms with Gasteiger partial charge < -0.3 is 10.4 Å². The van der Waals surface area contributed by atoms with Gasteiger partial charge >= 0.3 is 0 Å². The van der Waals surface area contributed by atoms with Crippen molar-refractivity contribution in [1.82, 2.24) is 0 Å². The molecule has 0 fully saturated rings. The molecule has 2 aromatic carbocycles. The highest BCUT2D eigenvalue weighted by Crippen LogP contribution is 2.44. The predicted octanol–water partition coefficient (Wildman–Crippen LogP) is 6.00. The quantitative estimate of drug-likeness (QED) is 0.412. The number of benzene rings is 2. The van der Waals surface area contributed by atoms with Gasteiger partial charge in [0.1, 0.15) is 0 Å². The van der Waals surface area contributed by atoms with E-state index in [0.29, 0.717) is 21.8 Å². The summed E-state index contributed by atoms with van der Waals surface area (Å²) in [4.78, 5) is 14.2. The van der Waals surface area contributed by atoms with Crippen LogP contribution >= 0.6 is 34.3 Å². The van der Waals surface area contributed by atoms with Crippen molar-refractivity contribution in [3.05, 3.63) is 109 Å². The Balaban J connectivity index is 1.84. The molecule has 0 unspecified atom stereocenters. The molecular formula is C22H16ClNO2S2. The molecule has 0 aliphatic carbocycles. The lowest BCUT2D eigenvalue weighted by molar-refractivity contribution is 0.102. The lowest BCUT2D eigenvalue weighted by Crippen LogP contribution is -2.28. The minimum atomic E-state index is -1.41. The number of carbonyl (C=O) groups is 1. The van der Waals surface area contributed by atoms with Crippen LogP contribution < -0.4 is 5.32 Å². The van der Waals surface area contributed by atoms with Gasteiger partial charge in [0, 0.05) is 31.6 Å². The molecule has 0 aliphatic heterocycles. The van der Waals surface area contributed by atoms with Gasteiger partial charge in [-0.25, -0.2) is 0 Å². The van der Waals surface area contributed by atoms with Crippen LogP contribution in [-0.2, 0) is 5.60 Å². The van der Waals surface area contributed by atoms with Crippen molar-refractivity contribution in [1.29, 1.82) is 0 Å². The zero-order valence-electron chi connectivity index (χ0n) is 14.6. The largest absolute Gasteiger partial charge is 0.374 e. The summed E-state index contributed by atoms with van der Waals surface area (Å²) in [5, 5.41) is 19.2. The van der Waals surface area contributed by atoms with Crippen LogP contribution in [0.15, 0.2) is 83.6 Å². The van der Waals surface area contributed by atoms with E-state index in [0.717, 1.165) is 9.75 Å². The van der Waals surface area contributed by atoms with E-state index in [4.69, 9.17) is 11.6 Å². The third-order valence-corrected chi connectivity index (χ3v) is 6.60. The Morgan fingerprint density at radius 2 is 1.54 bits per heavy atom. The zero-order valence-corrected chi connectivity index (χ0v) is 17.0. The van der Waals surface area contributed by atoms with E-state index in [-0.39, 0.29) is 5.91 Å². The normalized spacial score (nSPS) is 11.4. The van der Waals surface area contributed by atoms with Gasteiger partial charge in [-0.05, 0) is 53.2 Å². The average molecular weight is 426 g/mol. The van der Waals surface area contributed by atoms with Crippen molar-refractivity contribution in [3.63, 3.8) is 0 Å². The first-order chi connectivity index (χ1) is 13.6. The Bertz CT molecular complexity index is 1040. The van der Waals surface area contributed by atoms with Crippen molar-refractivity contribution in [2.24, 2.45) is 0 Å². The van der Waals surface area contributed by atoms with Crippen LogP contribution in [-0.4, -0.2) is 11.0 Å². The minimum absolute atomic E-state index is 0.246. The van der Waals surface area contributed by atoms with Crippen LogP contribution in [0, 0.1) is 0 Å². The number of halogens is 1. The number of nitrogens with one attached hydrogen (secondary N) is 1. The third kappa shape index (κ3) is 3.50. The molecule has 2 aromatic heterocycles. The Morgan fingerprint density at radius 1 is 0.893 bits per heavy atom. The molecular weight excluding hydrogens is 410 g/mol. The second-order valence-electron chi connectivity index (χ2n) is 6.18. The molecule has 1 amide bonds. The molecule has 0 bridgehead atoms. The van der Waals surface area contributed by atoms with Crippen LogP contribution in [0.5, 0.6) is 0 Å². The monoisotopic (exact) mass is 425 g/mol. The molecule has 6 heteroatoms. The molecule has 2 heterocycles. The maximum absolute atomic E-state index is 12.7. The molecule has 0 spiro atoms. The second-order valence-corrected chi connectivity index (χ2v) is 8.51. The lowest BCUT2D eigenvalue weighted by atomic mass is 9.89. The first-order valence-corrected chi connectivity index (χ1v) is 10.7. The van der Waals surface area contributed by atoms with E-state index in [1.54, 1.807) is 30.3 Å². The van der Waals surface area contributed by atoms with Crippen LogP contribution in [0.4, 0.5) is 5.69 Å². The SMILES string of the molecule is O=C(Nc1ccc(Cl)cc1C(O)(c1cccs1)c1cccs1)c1ccccc1. The van der Waals surface area contributed by atoms with Gasteiger partial charge in [0.25, 0.3) is 5.91 Å². The Hall–Kier alpha value is -2.44. The molecule has 0 radical (unpaired) electrons. The highest BCUT2D eigenvalue weighted by molar-refractivity contribution is 7.11. The summed E-state index contributed by atoms with van der Waals surface area (Å²) in [6, 6.07) is 21.7. The number of hydrogen-bond acceptors (Lipinski definition) is 4. The highest BCUT2D eigenvalue weighted by atomic mass is 35.5. The number of hydrogen-bond donors (Lipinski definition) is 2. The topological polar surface area (TPSA) is 49.3 Å². The Morgan fingerprint density at radius 3 is 2.11 bits per heavy atom. The van der Waals surface area contributed by atoms with Crippen LogP contribution in [0.25, 0.3) is 0 Å². The molecule has 0 aliphatic rings. The van der Waals surface area contributed by atoms with Crippen LogP contribution in [0.3, 0.4) is 0 Å². The van der Waals surface area contributed by atoms with E-state index >= 15 is 0 Å². The van der Waals surface area contributed by atoms with E-state index in [2.05, 4.69) is 5.32 Å². The van der Waals surface area contributed by atoms with E-state index in [9.17, 15) is 9.90 Å². The Labute approximate surface area is 175 Å². The zero-order chi connectivity index (χ0) is 19.6. The Kier molecular flexibility index (Phi) is 5.33. The summed E-state index contributed by atoms with van der Waals surface area (Å²) in [5.41, 5.74) is 0.183. The van der Waals surface area contributed by atoms with Gasteiger partial charge in [-0.15, -0.1) is 22.7 Å². The summed E-state index contributed by atoms with van der Waals surface area (Å²) in [5.74, 6) is -0.246. The standard InChI is InChI=1S/C22H16ClNO2S2/c23-16-10-11-18(24-21(25)15-6-2-1-3-7-15)17(14-16)22(26,19-8-4-12-27-19)20-9-5-13-28-20/h1-14,26H,(H,24,25). The second kappa shape index (κ2) is 7.89. The maximum Gasteiger partial charge on any atom is 0.255 e. The van der Waals surface area contributed by atoms with E-state index in [1.807, 2.05) is 53.2 Å². The molecule has 4 aromatic rings. The number of anilines is 1. The van der Waals surface area contributed by atoms with Crippen LogP contribution in [0.1, 0.15) is 25.7 Å². The summed E-state index contributed by atoms with van der Waals surface area (Å²) in [6.45, 7) is 0. The third-order valence-electron chi connectivity index (χ3n) is 4.41. The van der Waals surface area contributed by atoms with E-state index in [1.165, 1.54) is 22.7 Å². The number of rotatable bonds is 5. The fraction of sp³-hybridized carbons (Fsp3) is 0.0455. The van der Waals surface area contributed by atoms with Gasteiger partial charge in [0.15, 0.2) is 5.60 Å². The number of amides is 1. The molecule has 28 heavy (non-hydrogen) atoms. The molecule has 140 valence electrons. The fourth-order valence-electron chi connectivity index (χ4n) is 3.06. The van der Waals surface area contributed by atoms with Crippen molar-refractivity contribution < 1.29 is 9.90 Å². The van der Waals surface area contributed by atoms with Gasteiger partial charge in [0.2, 0.25) is 0 Å². The van der Waals surface area contributed by atoms with Crippen molar-refractivity contribution in [2.75, 3.05) is 5.32 Å². The highest BCUT2D eigenvalue weighted by Gasteiger charge is 2.38. The van der Waals surface area contributed by atoms with Crippen LogP contribution in [0.2, 0.25) is 5.02 Å². The summed E-state index contributed by atoms with van der Waals surface area (Å²) >= 11 is 9.19. The first-order valence-electron chi connectivity index (χ1n) is 8.56. The molecule has 3 nitrogen and oxygen atoms in total. The van der Waals surface area contributed by atoms with E-state index < -0.39 is 5.60 Å². The molecule has 0 saturated heterocycles. The molecule has 2 N–H and O–H groups in total. The molecule has 4 rings (SSSR count). The molecule has 0 atom stereocenters. The first kappa shape index (κ1) is 18.9. The average Bonchev–Trinajstić information content (AvgIpc) is 3.44. The van der Waals surface area contributed by atoms with Gasteiger partial charge in [-0.1, -0.05) is 41.9 Å². The van der Waals surface area contributed by atoms with Gasteiger partial charge in [-0.3, -0.25) is 4.79 Å². The lowest BCUT2D eigenvalue weighted by Gasteiger charge is -2.29. The maximum atomic E-state index is 12.7. The summed E-state index contributed by atoms with van der Waals surface area (Å²) in [7, 11) is 0. The predicted molar refractivity (Wildman–Crippen MR) is 117 cm³/mol. The smallest absolute Gasteiger partial charge is 0.255 e. The fourth-order valence-corrected chi connectivity index (χ4v) is 5.00.